The van der Waals surface area contributed by atoms with E-state index in [1.165, 1.54) is 5.56 Å². The van der Waals surface area contributed by atoms with Crippen molar-refractivity contribution in [1.29, 1.82) is 0 Å². The van der Waals surface area contributed by atoms with Crippen molar-refractivity contribution in [1.82, 2.24) is 15.1 Å². The van der Waals surface area contributed by atoms with Gasteiger partial charge in [0, 0.05) is 27.3 Å². The lowest BCUT2D eigenvalue weighted by Crippen LogP contribution is -2.47. The van der Waals surface area contributed by atoms with Gasteiger partial charge < -0.3 is 24.6 Å². The van der Waals surface area contributed by atoms with Crippen molar-refractivity contribution in [3.63, 3.8) is 0 Å². The molecule has 3 rings (SSSR count). The highest BCUT2D eigenvalue weighted by molar-refractivity contribution is 5.88. The SMILES string of the molecule is CO[C@H]1CN(C(=O)NC2CCN(Cc3ccc(C)cc3)C2=O)C[C@H]1OC. The van der Waals surface area contributed by atoms with E-state index in [0.29, 0.717) is 32.6 Å². The van der Waals surface area contributed by atoms with Crippen LogP contribution in [0.2, 0.25) is 0 Å². The summed E-state index contributed by atoms with van der Waals surface area (Å²) in [5.74, 6) is -0.0234. The van der Waals surface area contributed by atoms with Crippen LogP contribution in [0.3, 0.4) is 0 Å². The second-order valence-electron chi connectivity index (χ2n) is 6.99. The Morgan fingerprint density at radius 2 is 1.77 bits per heavy atom. The molecule has 0 aliphatic carbocycles. The first-order valence-electron chi connectivity index (χ1n) is 8.97. The van der Waals surface area contributed by atoms with Gasteiger partial charge in [0.05, 0.1) is 13.1 Å². The molecule has 0 radical (unpaired) electrons. The molecule has 0 spiro atoms. The zero-order chi connectivity index (χ0) is 18.7. The maximum atomic E-state index is 12.6. The number of nitrogens with zero attached hydrogens (tertiary/aromatic N) is 2. The summed E-state index contributed by atoms with van der Waals surface area (Å²) >= 11 is 0. The number of ether oxygens (including phenoxy) is 2. The molecule has 2 fully saturated rings. The van der Waals surface area contributed by atoms with Gasteiger partial charge in [0.2, 0.25) is 5.91 Å². The Morgan fingerprint density at radius 1 is 1.15 bits per heavy atom. The molecule has 2 heterocycles. The Bertz CT molecular complexity index is 637. The number of aryl methyl sites for hydroxylation is 1. The third-order valence-corrected chi connectivity index (χ3v) is 5.20. The number of urea groups is 1. The molecule has 2 aliphatic rings. The van der Waals surface area contributed by atoms with E-state index in [1.54, 1.807) is 24.0 Å². The number of nitrogens with one attached hydrogen (secondary N) is 1. The molecule has 1 N–H and O–H groups in total. The predicted octanol–water partition coefficient (Wildman–Crippen LogP) is 1.15. The molecule has 2 saturated heterocycles. The molecule has 0 bridgehead atoms. The lowest BCUT2D eigenvalue weighted by atomic mass is 10.1. The van der Waals surface area contributed by atoms with Crippen LogP contribution in [-0.4, -0.2) is 73.8 Å². The van der Waals surface area contributed by atoms with Gasteiger partial charge in [-0.2, -0.15) is 0 Å². The van der Waals surface area contributed by atoms with Crippen molar-refractivity contribution in [3.8, 4) is 0 Å². The average Bonchev–Trinajstić information content (AvgIpc) is 3.22. The van der Waals surface area contributed by atoms with Gasteiger partial charge >= 0.3 is 6.03 Å². The lowest BCUT2D eigenvalue weighted by Gasteiger charge is -2.20. The quantitative estimate of drug-likeness (QED) is 0.854. The number of carbonyl (C=O) groups excluding carboxylic acids is 2. The van der Waals surface area contributed by atoms with Gasteiger partial charge in [0.1, 0.15) is 18.2 Å². The van der Waals surface area contributed by atoms with E-state index in [4.69, 9.17) is 9.47 Å². The van der Waals surface area contributed by atoms with Gasteiger partial charge in [-0.05, 0) is 18.9 Å². The van der Waals surface area contributed by atoms with Gasteiger partial charge in [-0.25, -0.2) is 4.79 Å². The summed E-state index contributed by atoms with van der Waals surface area (Å²) in [6.07, 6.45) is 0.359. The molecule has 1 aromatic rings. The van der Waals surface area contributed by atoms with Crippen LogP contribution < -0.4 is 5.32 Å². The van der Waals surface area contributed by atoms with Crippen molar-refractivity contribution in [2.24, 2.45) is 0 Å². The molecule has 7 nitrogen and oxygen atoms in total. The molecular formula is C19H27N3O4. The minimum absolute atomic E-state index is 0.0234. The minimum atomic E-state index is -0.462. The summed E-state index contributed by atoms with van der Waals surface area (Å²) in [6, 6.07) is 7.46. The standard InChI is InChI=1S/C19H27N3O4/c1-13-4-6-14(7-5-13)10-21-9-8-15(18(21)23)20-19(24)22-11-16(25-2)17(12-22)26-3/h4-7,15-17H,8-12H2,1-3H3,(H,20,24)/t15?,16-,17+. The van der Waals surface area contributed by atoms with Gasteiger partial charge in [0.25, 0.3) is 0 Å². The molecule has 3 atom stereocenters. The zero-order valence-electron chi connectivity index (χ0n) is 15.6. The first-order chi connectivity index (χ1) is 12.5. The fraction of sp³-hybridized carbons (Fsp3) is 0.579. The number of hydrogen-bond donors (Lipinski definition) is 1. The molecule has 1 aromatic carbocycles. The molecule has 7 heteroatoms. The van der Waals surface area contributed by atoms with Crippen molar-refractivity contribution in [2.45, 2.75) is 38.1 Å². The second-order valence-corrected chi connectivity index (χ2v) is 6.99. The van der Waals surface area contributed by atoms with E-state index in [0.717, 1.165) is 5.56 Å². The number of carbonyl (C=O) groups is 2. The summed E-state index contributed by atoms with van der Waals surface area (Å²) in [7, 11) is 3.23. The van der Waals surface area contributed by atoms with Gasteiger partial charge in [-0.15, -0.1) is 0 Å². The van der Waals surface area contributed by atoms with Crippen LogP contribution in [0.4, 0.5) is 4.79 Å². The first kappa shape index (κ1) is 18.7. The first-order valence-corrected chi connectivity index (χ1v) is 8.97. The van der Waals surface area contributed by atoms with E-state index in [9.17, 15) is 9.59 Å². The summed E-state index contributed by atoms with van der Waals surface area (Å²) in [6.45, 7) is 4.20. The van der Waals surface area contributed by atoms with E-state index in [2.05, 4.69) is 5.32 Å². The summed E-state index contributed by atoms with van der Waals surface area (Å²) < 4.78 is 10.7. The largest absolute Gasteiger partial charge is 0.377 e. The number of methoxy groups -OCH3 is 2. The summed E-state index contributed by atoms with van der Waals surface area (Å²) in [5, 5.41) is 2.87. The molecule has 0 aromatic heterocycles. The zero-order valence-corrected chi connectivity index (χ0v) is 15.6. The van der Waals surface area contributed by atoms with Crippen LogP contribution in [0.1, 0.15) is 17.5 Å². The topological polar surface area (TPSA) is 71.1 Å². The molecular weight excluding hydrogens is 334 g/mol. The highest BCUT2D eigenvalue weighted by Crippen LogP contribution is 2.18. The fourth-order valence-electron chi connectivity index (χ4n) is 3.55. The normalized spacial score (nSPS) is 25.8. The van der Waals surface area contributed by atoms with E-state index >= 15 is 0 Å². The maximum absolute atomic E-state index is 12.6. The molecule has 26 heavy (non-hydrogen) atoms. The van der Waals surface area contributed by atoms with Crippen molar-refractivity contribution in [2.75, 3.05) is 33.9 Å². The van der Waals surface area contributed by atoms with Crippen LogP contribution in [0, 0.1) is 6.92 Å². The summed E-state index contributed by atoms with van der Waals surface area (Å²) in [5.41, 5.74) is 2.29. The highest BCUT2D eigenvalue weighted by atomic mass is 16.5. The van der Waals surface area contributed by atoms with Crippen LogP contribution in [-0.2, 0) is 20.8 Å². The van der Waals surface area contributed by atoms with Crippen LogP contribution in [0.5, 0.6) is 0 Å². The Balaban J connectivity index is 1.53. The van der Waals surface area contributed by atoms with Gasteiger partial charge in [0.15, 0.2) is 0 Å². The minimum Gasteiger partial charge on any atom is -0.377 e. The third kappa shape index (κ3) is 3.99. The Kier molecular flexibility index (Phi) is 5.78. The van der Waals surface area contributed by atoms with Gasteiger partial charge in [-0.1, -0.05) is 29.8 Å². The Labute approximate surface area is 154 Å². The summed E-state index contributed by atoms with van der Waals surface area (Å²) in [4.78, 5) is 28.6. The molecule has 1 unspecified atom stereocenters. The number of likely N-dealkylation sites (tertiary alicyclic amines) is 2. The number of amides is 3. The molecule has 142 valence electrons. The number of rotatable bonds is 5. The highest BCUT2D eigenvalue weighted by Gasteiger charge is 2.38. The Hall–Kier alpha value is -2.12. The van der Waals surface area contributed by atoms with Gasteiger partial charge in [-0.3, -0.25) is 4.79 Å². The number of hydrogen-bond acceptors (Lipinski definition) is 4. The number of benzene rings is 1. The molecule has 3 amide bonds. The Morgan fingerprint density at radius 3 is 2.35 bits per heavy atom. The molecule has 2 aliphatic heterocycles. The third-order valence-electron chi connectivity index (χ3n) is 5.20. The molecule has 0 saturated carbocycles. The average molecular weight is 361 g/mol. The van der Waals surface area contributed by atoms with Crippen molar-refractivity contribution in [3.05, 3.63) is 35.4 Å². The van der Waals surface area contributed by atoms with E-state index < -0.39 is 6.04 Å². The fourth-order valence-corrected chi connectivity index (χ4v) is 3.55. The second kappa shape index (κ2) is 8.05. The van der Waals surface area contributed by atoms with Crippen LogP contribution in [0.25, 0.3) is 0 Å². The maximum Gasteiger partial charge on any atom is 0.318 e. The van der Waals surface area contributed by atoms with Crippen molar-refractivity contribution >= 4 is 11.9 Å². The monoisotopic (exact) mass is 361 g/mol. The lowest BCUT2D eigenvalue weighted by molar-refractivity contribution is -0.129. The van der Waals surface area contributed by atoms with Crippen molar-refractivity contribution < 1.29 is 19.1 Å². The van der Waals surface area contributed by atoms with Crippen LogP contribution >= 0.6 is 0 Å². The smallest absolute Gasteiger partial charge is 0.318 e. The van der Waals surface area contributed by atoms with Crippen LogP contribution in [0.15, 0.2) is 24.3 Å². The van der Waals surface area contributed by atoms with E-state index in [-0.39, 0.29) is 24.1 Å². The van der Waals surface area contributed by atoms with E-state index in [1.807, 2.05) is 31.2 Å². The predicted molar refractivity (Wildman–Crippen MR) is 96.7 cm³/mol.